The van der Waals surface area contributed by atoms with E-state index >= 15 is 0 Å². The number of rotatable bonds is 1. The number of hydrogen-bond acceptors (Lipinski definition) is 5. The van der Waals surface area contributed by atoms with Crippen molar-refractivity contribution in [1.29, 1.82) is 5.26 Å². The maximum Gasteiger partial charge on any atom is 0.205 e. The van der Waals surface area contributed by atoms with Gasteiger partial charge < -0.3 is 14.9 Å². The molecule has 0 bridgehead atoms. The molecule has 3 rings (SSSR count). The third kappa shape index (κ3) is 2.28. The predicted octanol–water partition coefficient (Wildman–Crippen LogP) is 3.10. The lowest BCUT2D eigenvalue weighted by atomic mass is 9.77. The van der Waals surface area contributed by atoms with Gasteiger partial charge in [0.2, 0.25) is 5.88 Å². The lowest BCUT2D eigenvalue weighted by Crippen LogP contribution is -2.29. The van der Waals surface area contributed by atoms with Crippen LogP contribution in [0.2, 0.25) is 0 Å². The van der Waals surface area contributed by atoms with Crippen LogP contribution in [0, 0.1) is 17.2 Å². The zero-order valence-electron chi connectivity index (χ0n) is 11.4. The zero-order valence-corrected chi connectivity index (χ0v) is 12.9. The average Bonchev–Trinajstić information content (AvgIpc) is 2.83. The second-order valence-electron chi connectivity index (χ2n) is 5.34. The molecule has 0 spiro atoms. The molecule has 1 aliphatic carbocycles. The summed E-state index contributed by atoms with van der Waals surface area (Å²) in [4.78, 5) is 12.4. The number of carbonyl (C=O) groups is 1. The molecule has 0 unspecified atom stereocenters. The molecule has 0 radical (unpaired) electrons. The largest absolute Gasteiger partial charge is 0.453 e. The summed E-state index contributed by atoms with van der Waals surface area (Å²) in [5, 5.41) is 9.37. The number of ketones is 1. The molecule has 0 fully saturated rings. The van der Waals surface area contributed by atoms with Gasteiger partial charge in [0, 0.05) is 18.4 Å². The molecule has 2 heterocycles. The fourth-order valence-electron chi connectivity index (χ4n) is 2.86. The third-order valence-electron chi connectivity index (χ3n) is 3.74. The van der Waals surface area contributed by atoms with E-state index in [0.29, 0.717) is 34.6 Å². The summed E-state index contributed by atoms with van der Waals surface area (Å²) in [5.41, 5.74) is 6.58. The molecule has 5 nitrogen and oxygen atoms in total. The lowest BCUT2D eigenvalue weighted by Gasteiger charge is -2.31. The van der Waals surface area contributed by atoms with Crippen molar-refractivity contribution in [3.8, 4) is 6.07 Å². The molecular formula is C15H13BrN2O3. The minimum atomic E-state index is -0.579. The van der Waals surface area contributed by atoms with Crippen LogP contribution in [-0.4, -0.2) is 5.78 Å². The van der Waals surface area contributed by atoms with Gasteiger partial charge in [-0.05, 0) is 34.0 Å². The van der Waals surface area contributed by atoms with Crippen molar-refractivity contribution in [3.05, 3.63) is 45.4 Å². The van der Waals surface area contributed by atoms with Gasteiger partial charge in [-0.3, -0.25) is 4.79 Å². The number of nitrogens with two attached hydrogens (primary N) is 1. The molecule has 0 amide bonds. The Morgan fingerprint density at radius 3 is 2.81 bits per heavy atom. The Morgan fingerprint density at radius 2 is 2.19 bits per heavy atom. The average molecular weight is 349 g/mol. The first-order chi connectivity index (χ1) is 10.0. The highest BCUT2D eigenvalue weighted by Crippen LogP contribution is 2.45. The van der Waals surface area contributed by atoms with Crippen LogP contribution in [0.1, 0.15) is 31.4 Å². The number of furan rings is 1. The van der Waals surface area contributed by atoms with E-state index in [4.69, 9.17) is 14.9 Å². The predicted molar refractivity (Wildman–Crippen MR) is 77.5 cm³/mol. The Kier molecular flexibility index (Phi) is 3.38. The van der Waals surface area contributed by atoms with E-state index in [2.05, 4.69) is 15.9 Å². The number of Topliss-reactive ketones (excluding diaryl/α,β-unsaturated/α-hetero) is 1. The maximum absolute atomic E-state index is 12.4. The Labute approximate surface area is 130 Å². The van der Waals surface area contributed by atoms with Crippen LogP contribution < -0.4 is 5.73 Å². The number of allylic oxidation sites excluding steroid dienone is 3. The van der Waals surface area contributed by atoms with Crippen LogP contribution in [0.25, 0.3) is 0 Å². The van der Waals surface area contributed by atoms with Gasteiger partial charge >= 0.3 is 0 Å². The highest BCUT2D eigenvalue weighted by Gasteiger charge is 2.41. The fraction of sp³-hybridized carbons (Fsp3) is 0.333. The van der Waals surface area contributed by atoms with E-state index in [-0.39, 0.29) is 23.2 Å². The number of nitrogens with zero attached hydrogens (tertiary/aromatic N) is 1. The summed E-state index contributed by atoms with van der Waals surface area (Å²) in [6, 6.07) is 5.51. The topological polar surface area (TPSA) is 89.2 Å². The van der Waals surface area contributed by atoms with Crippen molar-refractivity contribution in [1.82, 2.24) is 0 Å². The molecular weight excluding hydrogens is 336 g/mol. The van der Waals surface area contributed by atoms with E-state index in [0.717, 1.165) is 0 Å². The number of nitriles is 1. The summed E-state index contributed by atoms with van der Waals surface area (Å²) >= 11 is 3.24. The van der Waals surface area contributed by atoms with Gasteiger partial charge in [0.05, 0.1) is 5.92 Å². The Balaban J connectivity index is 2.17. The van der Waals surface area contributed by atoms with Gasteiger partial charge in [-0.2, -0.15) is 5.26 Å². The fourth-order valence-corrected chi connectivity index (χ4v) is 3.18. The summed E-state index contributed by atoms with van der Waals surface area (Å²) in [6.45, 7) is 1.99. The van der Waals surface area contributed by atoms with Crippen LogP contribution in [0.15, 0.2) is 44.0 Å². The van der Waals surface area contributed by atoms with Crippen molar-refractivity contribution in [2.24, 2.45) is 11.7 Å². The normalized spacial score (nSPS) is 25.5. The van der Waals surface area contributed by atoms with E-state index in [1.807, 2.05) is 13.0 Å². The van der Waals surface area contributed by atoms with E-state index in [9.17, 15) is 10.1 Å². The first-order valence-electron chi connectivity index (χ1n) is 6.60. The molecule has 1 aromatic heterocycles. The van der Waals surface area contributed by atoms with Gasteiger partial charge in [0.25, 0.3) is 0 Å². The van der Waals surface area contributed by atoms with Gasteiger partial charge in [-0.25, -0.2) is 0 Å². The first-order valence-corrected chi connectivity index (χ1v) is 7.39. The van der Waals surface area contributed by atoms with Crippen molar-refractivity contribution >= 4 is 21.7 Å². The quantitative estimate of drug-likeness (QED) is 0.841. The molecule has 108 valence electrons. The molecule has 0 saturated heterocycles. The number of halogens is 1. The van der Waals surface area contributed by atoms with Crippen LogP contribution in [0.3, 0.4) is 0 Å². The van der Waals surface area contributed by atoms with E-state index < -0.39 is 5.92 Å². The first kappa shape index (κ1) is 14.0. The van der Waals surface area contributed by atoms with Gasteiger partial charge in [-0.1, -0.05) is 6.92 Å². The van der Waals surface area contributed by atoms with Crippen molar-refractivity contribution in [3.63, 3.8) is 0 Å². The Bertz CT molecular complexity index is 724. The number of hydrogen-bond donors (Lipinski definition) is 1. The molecule has 0 saturated carbocycles. The SMILES string of the molecule is C[C@@H]1CC(=O)C2=C(C1)OC(N)=C(C#N)[C@@H]2c1ccc(Br)o1. The van der Waals surface area contributed by atoms with Crippen LogP contribution in [-0.2, 0) is 9.53 Å². The lowest BCUT2D eigenvalue weighted by molar-refractivity contribution is -0.117. The maximum atomic E-state index is 12.4. The van der Waals surface area contributed by atoms with E-state index in [1.165, 1.54) is 0 Å². The standard InChI is InChI=1S/C15H13BrN2O3/c1-7-4-9(19)14-11(5-7)21-15(18)8(6-17)13(14)10-2-3-12(16)20-10/h2-3,7,13H,4-5,18H2,1H3/t7-,13-/m1/s1. The highest BCUT2D eigenvalue weighted by atomic mass is 79.9. The van der Waals surface area contributed by atoms with Gasteiger partial charge in [0.15, 0.2) is 10.5 Å². The van der Waals surface area contributed by atoms with Gasteiger partial charge in [0.1, 0.15) is 23.2 Å². The summed E-state index contributed by atoms with van der Waals surface area (Å²) in [5.74, 6) is 0.742. The summed E-state index contributed by atoms with van der Waals surface area (Å²) in [7, 11) is 0. The van der Waals surface area contributed by atoms with Crippen LogP contribution in [0.5, 0.6) is 0 Å². The van der Waals surface area contributed by atoms with Crippen molar-refractivity contribution < 1.29 is 13.9 Å². The minimum Gasteiger partial charge on any atom is -0.453 e. The smallest absolute Gasteiger partial charge is 0.205 e. The second kappa shape index (κ2) is 5.08. The minimum absolute atomic E-state index is 0.0125. The molecule has 2 N–H and O–H groups in total. The summed E-state index contributed by atoms with van der Waals surface area (Å²) in [6.07, 6.45) is 1.08. The summed E-state index contributed by atoms with van der Waals surface area (Å²) < 4.78 is 11.6. The molecule has 1 aromatic rings. The van der Waals surface area contributed by atoms with Gasteiger partial charge in [-0.15, -0.1) is 0 Å². The molecule has 2 aliphatic rings. The Hall–Kier alpha value is -2.00. The van der Waals surface area contributed by atoms with Crippen LogP contribution >= 0.6 is 15.9 Å². The van der Waals surface area contributed by atoms with Crippen LogP contribution in [0.4, 0.5) is 0 Å². The molecule has 6 heteroatoms. The second-order valence-corrected chi connectivity index (χ2v) is 6.12. The monoisotopic (exact) mass is 348 g/mol. The number of ether oxygens (including phenoxy) is 1. The van der Waals surface area contributed by atoms with E-state index in [1.54, 1.807) is 12.1 Å². The Morgan fingerprint density at radius 1 is 1.43 bits per heavy atom. The highest BCUT2D eigenvalue weighted by molar-refractivity contribution is 9.10. The zero-order chi connectivity index (χ0) is 15.1. The molecule has 1 aliphatic heterocycles. The number of carbonyl (C=O) groups excluding carboxylic acids is 1. The van der Waals surface area contributed by atoms with Crippen molar-refractivity contribution in [2.45, 2.75) is 25.7 Å². The van der Waals surface area contributed by atoms with Crippen molar-refractivity contribution in [2.75, 3.05) is 0 Å². The third-order valence-corrected chi connectivity index (χ3v) is 4.17. The molecule has 2 atom stereocenters. The molecule has 0 aromatic carbocycles. The molecule has 21 heavy (non-hydrogen) atoms.